The Balaban J connectivity index is 2.95. The van der Waals surface area contributed by atoms with Crippen LogP contribution in [0.25, 0.3) is 0 Å². The highest BCUT2D eigenvalue weighted by Gasteiger charge is 1.97. The molecule has 0 aromatic heterocycles. The van der Waals surface area contributed by atoms with E-state index in [1.54, 1.807) is 0 Å². The zero-order valence-corrected chi connectivity index (χ0v) is 7.46. The molecule has 0 aliphatic heterocycles. The van der Waals surface area contributed by atoms with E-state index in [1.807, 2.05) is 0 Å². The van der Waals surface area contributed by atoms with Crippen LogP contribution in [0.5, 0.6) is 0 Å². The maximum Gasteiger partial charge on any atom is 0.158 e. The van der Waals surface area contributed by atoms with Crippen molar-refractivity contribution >= 4 is 5.78 Å². The fraction of sp³-hybridized carbons (Fsp3) is 0.889. The van der Waals surface area contributed by atoms with Gasteiger partial charge in [-0.3, -0.25) is 4.79 Å². The number of Topliss-reactive ketones (excluding diaryl/α,β-unsaturated/α-hetero) is 1. The fourth-order valence-corrected chi connectivity index (χ4v) is 1.04. The summed E-state index contributed by atoms with van der Waals surface area (Å²) in [6, 6.07) is 0. The third kappa shape index (κ3) is 7.69. The molecular formula is C9H18O3. The summed E-state index contributed by atoms with van der Waals surface area (Å²) in [7, 11) is 0. The van der Waals surface area contributed by atoms with E-state index in [1.165, 1.54) is 0 Å². The molecule has 12 heavy (non-hydrogen) atoms. The van der Waals surface area contributed by atoms with Crippen molar-refractivity contribution in [3.8, 4) is 0 Å². The highest BCUT2D eigenvalue weighted by atomic mass is 16.3. The van der Waals surface area contributed by atoms with Gasteiger partial charge in [-0.1, -0.05) is 19.3 Å². The van der Waals surface area contributed by atoms with E-state index in [2.05, 4.69) is 0 Å². The zero-order chi connectivity index (χ0) is 9.23. The lowest BCUT2D eigenvalue weighted by Crippen LogP contribution is -2.02. The number of carbonyl (C=O) groups is 1. The van der Waals surface area contributed by atoms with Crippen LogP contribution in [0.2, 0.25) is 0 Å². The van der Waals surface area contributed by atoms with E-state index < -0.39 is 0 Å². The second-order valence-electron chi connectivity index (χ2n) is 2.94. The van der Waals surface area contributed by atoms with E-state index in [9.17, 15) is 4.79 Å². The lowest BCUT2D eigenvalue weighted by atomic mass is 10.1. The largest absolute Gasteiger partial charge is 0.396 e. The Morgan fingerprint density at radius 1 is 0.917 bits per heavy atom. The molecule has 0 spiro atoms. The van der Waals surface area contributed by atoms with Gasteiger partial charge in [-0.05, 0) is 12.8 Å². The number of rotatable bonds is 8. The molecule has 2 N–H and O–H groups in total. The Morgan fingerprint density at radius 3 is 2.08 bits per heavy atom. The van der Waals surface area contributed by atoms with Crippen LogP contribution in [-0.4, -0.2) is 29.2 Å². The molecule has 0 aliphatic rings. The summed E-state index contributed by atoms with van der Waals surface area (Å²) in [5, 5.41) is 16.9. The predicted octanol–water partition coefficient (Wildman–Crippen LogP) is 0.881. The molecule has 0 aromatic carbocycles. The Hall–Kier alpha value is -0.410. The number of hydrogen-bond acceptors (Lipinski definition) is 3. The van der Waals surface area contributed by atoms with Crippen LogP contribution in [0.1, 0.15) is 38.5 Å². The van der Waals surface area contributed by atoms with Crippen molar-refractivity contribution in [3.63, 3.8) is 0 Å². The summed E-state index contributed by atoms with van der Waals surface area (Å²) in [5.74, 6) is -0.0721. The molecule has 72 valence electrons. The van der Waals surface area contributed by atoms with Gasteiger partial charge < -0.3 is 10.2 Å². The van der Waals surface area contributed by atoms with E-state index in [0.29, 0.717) is 6.42 Å². The lowest BCUT2D eigenvalue weighted by molar-refractivity contribution is -0.121. The number of aliphatic hydroxyl groups is 2. The first-order valence-corrected chi connectivity index (χ1v) is 4.54. The average molecular weight is 174 g/mol. The maximum absolute atomic E-state index is 10.6. The average Bonchev–Trinajstić information content (AvgIpc) is 2.10. The van der Waals surface area contributed by atoms with Gasteiger partial charge in [-0.25, -0.2) is 0 Å². The zero-order valence-electron chi connectivity index (χ0n) is 7.46. The fourth-order valence-electron chi connectivity index (χ4n) is 1.04. The monoisotopic (exact) mass is 174 g/mol. The van der Waals surface area contributed by atoms with Crippen LogP contribution in [0.15, 0.2) is 0 Å². The van der Waals surface area contributed by atoms with Gasteiger partial charge in [0.05, 0.1) is 0 Å². The number of carbonyl (C=O) groups excluding carboxylic acids is 1. The molecule has 0 fully saturated rings. The molecule has 0 bridgehead atoms. The first-order chi connectivity index (χ1) is 5.81. The van der Waals surface area contributed by atoms with Crippen LogP contribution in [0.4, 0.5) is 0 Å². The predicted molar refractivity (Wildman–Crippen MR) is 46.9 cm³/mol. The third-order valence-corrected chi connectivity index (χ3v) is 1.79. The maximum atomic E-state index is 10.6. The molecule has 0 aliphatic carbocycles. The number of unbranched alkanes of at least 4 members (excludes halogenated alkanes) is 4. The highest BCUT2D eigenvalue weighted by Crippen LogP contribution is 2.04. The van der Waals surface area contributed by atoms with Crippen molar-refractivity contribution in [2.24, 2.45) is 0 Å². The molecule has 0 radical (unpaired) electrons. The molecule has 0 amide bonds. The van der Waals surface area contributed by atoms with Gasteiger partial charge >= 0.3 is 0 Å². The summed E-state index contributed by atoms with van der Waals surface area (Å²) in [6.07, 6.45) is 5.34. The first-order valence-electron chi connectivity index (χ1n) is 4.54. The van der Waals surface area contributed by atoms with Crippen molar-refractivity contribution < 1.29 is 15.0 Å². The number of hydrogen-bond donors (Lipinski definition) is 2. The van der Waals surface area contributed by atoms with Crippen molar-refractivity contribution in [3.05, 3.63) is 0 Å². The van der Waals surface area contributed by atoms with E-state index >= 15 is 0 Å². The molecule has 0 rings (SSSR count). The molecule has 0 atom stereocenters. The van der Waals surface area contributed by atoms with Crippen molar-refractivity contribution in [2.45, 2.75) is 38.5 Å². The smallest absolute Gasteiger partial charge is 0.158 e. The van der Waals surface area contributed by atoms with Crippen LogP contribution in [0.3, 0.4) is 0 Å². The number of aliphatic hydroxyl groups excluding tert-OH is 2. The van der Waals surface area contributed by atoms with E-state index in [4.69, 9.17) is 10.2 Å². The van der Waals surface area contributed by atoms with E-state index in [-0.39, 0.29) is 19.0 Å². The summed E-state index contributed by atoms with van der Waals surface area (Å²) in [4.78, 5) is 10.6. The van der Waals surface area contributed by atoms with Crippen LogP contribution in [0, 0.1) is 0 Å². The Bertz CT molecular complexity index is 112. The molecule has 0 saturated heterocycles. The Labute approximate surface area is 73.4 Å². The second-order valence-corrected chi connectivity index (χ2v) is 2.94. The van der Waals surface area contributed by atoms with Crippen molar-refractivity contribution in [1.29, 1.82) is 0 Å². The van der Waals surface area contributed by atoms with Crippen LogP contribution < -0.4 is 0 Å². The summed E-state index contributed by atoms with van der Waals surface area (Å²) in [5.41, 5.74) is 0. The topological polar surface area (TPSA) is 57.5 Å². The standard InChI is InChI=1S/C9H18O3/c10-7-5-3-1-2-4-6-9(12)8-11/h10-11H,1-8H2. The van der Waals surface area contributed by atoms with Crippen molar-refractivity contribution in [1.82, 2.24) is 0 Å². The summed E-state index contributed by atoms with van der Waals surface area (Å²) in [6.45, 7) is -0.0633. The van der Waals surface area contributed by atoms with Crippen LogP contribution >= 0.6 is 0 Å². The third-order valence-electron chi connectivity index (χ3n) is 1.79. The van der Waals surface area contributed by atoms with E-state index in [0.717, 1.165) is 32.1 Å². The second kappa shape index (κ2) is 8.68. The highest BCUT2D eigenvalue weighted by molar-refractivity contribution is 5.79. The molecule has 0 aromatic rings. The molecule has 0 unspecified atom stereocenters. The SMILES string of the molecule is O=C(CO)CCCCCCCO. The van der Waals surface area contributed by atoms with Gasteiger partial charge in [-0.2, -0.15) is 0 Å². The van der Waals surface area contributed by atoms with Gasteiger partial charge in [0.1, 0.15) is 6.61 Å². The van der Waals surface area contributed by atoms with Gasteiger partial charge in [0.15, 0.2) is 5.78 Å². The van der Waals surface area contributed by atoms with Gasteiger partial charge in [0, 0.05) is 13.0 Å². The number of ketones is 1. The molecule has 3 heteroatoms. The molecular weight excluding hydrogens is 156 g/mol. The molecule has 0 heterocycles. The summed E-state index contributed by atoms with van der Waals surface area (Å²) < 4.78 is 0. The molecule has 0 saturated carbocycles. The minimum atomic E-state index is -0.323. The van der Waals surface area contributed by atoms with Crippen LogP contribution in [-0.2, 0) is 4.79 Å². The molecule has 3 nitrogen and oxygen atoms in total. The van der Waals surface area contributed by atoms with Gasteiger partial charge in [0.2, 0.25) is 0 Å². The minimum Gasteiger partial charge on any atom is -0.396 e. The normalized spacial score (nSPS) is 10.2. The van der Waals surface area contributed by atoms with Gasteiger partial charge in [-0.15, -0.1) is 0 Å². The van der Waals surface area contributed by atoms with Crippen molar-refractivity contribution in [2.75, 3.05) is 13.2 Å². The Morgan fingerprint density at radius 2 is 1.50 bits per heavy atom. The van der Waals surface area contributed by atoms with Gasteiger partial charge in [0.25, 0.3) is 0 Å². The minimum absolute atomic E-state index is 0.0721. The summed E-state index contributed by atoms with van der Waals surface area (Å²) >= 11 is 0. The first kappa shape index (κ1) is 11.6. The lowest BCUT2D eigenvalue weighted by Gasteiger charge is -1.98. The quantitative estimate of drug-likeness (QED) is 0.537. The Kier molecular flexibility index (Phi) is 8.39.